The Labute approximate surface area is 94.0 Å². The molecule has 2 amide bonds. The molecule has 0 aliphatic heterocycles. The first-order valence-electron chi connectivity index (χ1n) is 4.71. The zero-order valence-electron chi connectivity index (χ0n) is 9.48. The number of benzene rings is 1. The number of nitrogens with one attached hydrogen (secondary N) is 1. The maximum atomic E-state index is 11.3. The van der Waals surface area contributed by atoms with Crippen LogP contribution in [0.5, 0.6) is 0 Å². The Balaban J connectivity index is 2.72. The summed E-state index contributed by atoms with van der Waals surface area (Å²) in [4.78, 5) is 23.9. The summed E-state index contributed by atoms with van der Waals surface area (Å²) in [5, 5.41) is 2.66. The number of hydrogen-bond acceptors (Lipinski definition) is 3. The number of carbonyl (C=O) groups is 2. The van der Waals surface area contributed by atoms with E-state index in [1.54, 1.807) is 38.4 Å². The van der Waals surface area contributed by atoms with Crippen LogP contribution in [0.4, 0.5) is 10.5 Å². The van der Waals surface area contributed by atoms with Gasteiger partial charge in [0.15, 0.2) is 0 Å². The highest BCUT2D eigenvalue weighted by molar-refractivity contribution is 5.92. The van der Waals surface area contributed by atoms with Crippen molar-refractivity contribution in [3.63, 3.8) is 0 Å². The summed E-state index contributed by atoms with van der Waals surface area (Å²) in [7, 11) is 4.63. The predicted octanol–water partition coefficient (Wildman–Crippen LogP) is 1.57. The summed E-state index contributed by atoms with van der Waals surface area (Å²) >= 11 is 0. The lowest BCUT2D eigenvalue weighted by atomic mass is 10.2. The van der Waals surface area contributed by atoms with Gasteiger partial charge in [0.05, 0.1) is 12.7 Å². The Morgan fingerprint density at radius 3 is 2.19 bits per heavy atom. The SMILES string of the molecule is COC(=O)c1ccc(NC(=O)N(C)C)cc1. The zero-order chi connectivity index (χ0) is 12.1. The number of esters is 1. The number of methoxy groups -OCH3 is 1. The van der Waals surface area contributed by atoms with Gasteiger partial charge in [0.2, 0.25) is 0 Å². The highest BCUT2D eigenvalue weighted by atomic mass is 16.5. The molecule has 0 heterocycles. The Kier molecular flexibility index (Phi) is 3.88. The number of urea groups is 1. The van der Waals surface area contributed by atoms with Crippen LogP contribution in [-0.4, -0.2) is 38.1 Å². The molecular formula is C11H14N2O3. The second kappa shape index (κ2) is 5.16. The van der Waals surface area contributed by atoms with Gasteiger partial charge in [-0.25, -0.2) is 9.59 Å². The molecule has 0 aromatic heterocycles. The van der Waals surface area contributed by atoms with Crippen molar-refractivity contribution in [1.82, 2.24) is 4.90 Å². The van der Waals surface area contributed by atoms with Crippen molar-refractivity contribution < 1.29 is 14.3 Å². The van der Waals surface area contributed by atoms with E-state index in [0.29, 0.717) is 11.3 Å². The molecule has 0 spiro atoms. The van der Waals surface area contributed by atoms with Crippen LogP contribution < -0.4 is 5.32 Å². The first-order valence-corrected chi connectivity index (χ1v) is 4.71. The van der Waals surface area contributed by atoms with Gasteiger partial charge < -0.3 is 15.0 Å². The third kappa shape index (κ3) is 2.98. The second-order valence-corrected chi connectivity index (χ2v) is 3.39. The van der Waals surface area contributed by atoms with E-state index < -0.39 is 5.97 Å². The quantitative estimate of drug-likeness (QED) is 0.772. The van der Waals surface area contributed by atoms with Crippen LogP contribution in [0.25, 0.3) is 0 Å². The lowest BCUT2D eigenvalue weighted by molar-refractivity contribution is 0.0601. The molecule has 0 radical (unpaired) electrons. The van der Waals surface area contributed by atoms with Crippen LogP contribution in [0.1, 0.15) is 10.4 Å². The van der Waals surface area contributed by atoms with E-state index in [9.17, 15) is 9.59 Å². The van der Waals surface area contributed by atoms with Crippen molar-refractivity contribution in [3.8, 4) is 0 Å². The van der Waals surface area contributed by atoms with E-state index in [1.165, 1.54) is 12.0 Å². The average Bonchev–Trinajstić information content (AvgIpc) is 2.28. The van der Waals surface area contributed by atoms with Gasteiger partial charge >= 0.3 is 12.0 Å². The second-order valence-electron chi connectivity index (χ2n) is 3.39. The van der Waals surface area contributed by atoms with Crippen LogP contribution in [-0.2, 0) is 4.74 Å². The maximum Gasteiger partial charge on any atom is 0.337 e. The molecule has 1 rings (SSSR count). The fourth-order valence-corrected chi connectivity index (χ4v) is 1.04. The number of hydrogen-bond donors (Lipinski definition) is 1. The molecule has 1 aromatic carbocycles. The Bertz CT molecular complexity index is 385. The molecule has 1 N–H and O–H groups in total. The predicted molar refractivity (Wildman–Crippen MR) is 60.5 cm³/mol. The van der Waals surface area contributed by atoms with Crippen molar-refractivity contribution in [2.24, 2.45) is 0 Å². The topological polar surface area (TPSA) is 58.6 Å². The lowest BCUT2D eigenvalue weighted by Gasteiger charge is -2.11. The molecule has 86 valence electrons. The van der Waals surface area contributed by atoms with E-state index in [4.69, 9.17) is 0 Å². The van der Waals surface area contributed by atoms with Crippen molar-refractivity contribution >= 4 is 17.7 Å². The summed E-state index contributed by atoms with van der Waals surface area (Å²) in [5.41, 5.74) is 1.08. The van der Waals surface area contributed by atoms with Crippen LogP contribution in [0.15, 0.2) is 24.3 Å². The molecule has 0 saturated heterocycles. The van der Waals surface area contributed by atoms with Crippen molar-refractivity contribution in [2.75, 3.05) is 26.5 Å². The summed E-state index contributed by atoms with van der Waals surface area (Å²) in [6.07, 6.45) is 0. The van der Waals surface area contributed by atoms with Gasteiger partial charge in [-0.15, -0.1) is 0 Å². The number of anilines is 1. The Hall–Kier alpha value is -2.04. The standard InChI is InChI=1S/C11H14N2O3/c1-13(2)11(15)12-9-6-4-8(5-7-9)10(14)16-3/h4-7H,1-3H3,(H,12,15). The minimum absolute atomic E-state index is 0.217. The highest BCUT2D eigenvalue weighted by Crippen LogP contribution is 2.10. The van der Waals surface area contributed by atoms with E-state index in [-0.39, 0.29) is 6.03 Å². The fraction of sp³-hybridized carbons (Fsp3) is 0.273. The van der Waals surface area contributed by atoms with E-state index >= 15 is 0 Å². The third-order valence-electron chi connectivity index (χ3n) is 1.96. The molecule has 0 unspecified atom stereocenters. The monoisotopic (exact) mass is 222 g/mol. The summed E-state index contributed by atoms with van der Waals surface area (Å²) < 4.78 is 4.56. The number of nitrogens with zero attached hydrogens (tertiary/aromatic N) is 1. The molecule has 1 aromatic rings. The maximum absolute atomic E-state index is 11.3. The molecule has 0 aliphatic carbocycles. The van der Waals surface area contributed by atoms with Gasteiger partial charge in [-0.05, 0) is 24.3 Å². The molecule has 16 heavy (non-hydrogen) atoms. The van der Waals surface area contributed by atoms with Crippen molar-refractivity contribution in [1.29, 1.82) is 0 Å². The molecule has 0 atom stereocenters. The fourth-order valence-electron chi connectivity index (χ4n) is 1.04. The van der Waals surface area contributed by atoms with Crippen LogP contribution in [0.2, 0.25) is 0 Å². The minimum atomic E-state index is -0.398. The molecule has 0 aliphatic rings. The van der Waals surface area contributed by atoms with Crippen molar-refractivity contribution in [3.05, 3.63) is 29.8 Å². The first-order chi connectivity index (χ1) is 7.54. The Morgan fingerprint density at radius 1 is 1.19 bits per heavy atom. The van der Waals surface area contributed by atoms with Gasteiger partial charge in [-0.3, -0.25) is 0 Å². The zero-order valence-corrected chi connectivity index (χ0v) is 9.48. The molecule has 0 saturated carbocycles. The molecular weight excluding hydrogens is 208 g/mol. The molecule has 5 heteroatoms. The Morgan fingerprint density at radius 2 is 1.75 bits per heavy atom. The summed E-state index contributed by atoms with van der Waals surface area (Å²) in [6, 6.07) is 6.26. The normalized spacial score (nSPS) is 9.44. The van der Waals surface area contributed by atoms with E-state index in [1.807, 2.05) is 0 Å². The van der Waals surface area contributed by atoms with Crippen LogP contribution >= 0.6 is 0 Å². The first kappa shape index (κ1) is 12.0. The number of carbonyl (C=O) groups excluding carboxylic acids is 2. The largest absolute Gasteiger partial charge is 0.465 e. The minimum Gasteiger partial charge on any atom is -0.465 e. The third-order valence-corrected chi connectivity index (χ3v) is 1.96. The average molecular weight is 222 g/mol. The number of rotatable bonds is 2. The summed E-state index contributed by atoms with van der Waals surface area (Å²) in [5.74, 6) is -0.398. The lowest BCUT2D eigenvalue weighted by Crippen LogP contribution is -2.27. The van der Waals surface area contributed by atoms with Crippen molar-refractivity contribution in [2.45, 2.75) is 0 Å². The number of amides is 2. The molecule has 0 fully saturated rings. The number of ether oxygens (including phenoxy) is 1. The highest BCUT2D eigenvalue weighted by Gasteiger charge is 2.06. The van der Waals surface area contributed by atoms with E-state index in [2.05, 4.69) is 10.1 Å². The van der Waals surface area contributed by atoms with Gasteiger partial charge in [-0.1, -0.05) is 0 Å². The van der Waals surface area contributed by atoms with Gasteiger partial charge in [0, 0.05) is 19.8 Å². The molecule has 5 nitrogen and oxygen atoms in total. The van der Waals surface area contributed by atoms with Crippen LogP contribution in [0.3, 0.4) is 0 Å². The van der Waals surface area contributed by atoms with Gasteiger partial charge in [0.25, 0.3) is 0 Å². The van der Waals surface area contributed by atoms with Gasteiger partial charge in [0.1, 0.15) is 0 Å². The molecule has 0 bridgehead atoms. The summed E-state index contributed by atoms with van der Waals surface area (Å²) in [6.45, 7) is 0. The smallest absolute Gasteiger partial charge is 0.337 e. The van der Waals surface area contributed by atoms with E-state index in [0.717, 1.165) is 0 Å². The van der Waals surface area contributed by atoms with Gasteiger partial charge in [-0.2, -0.15) is 0 Å². The van der Waals surface area contributed by atoms with Crippen LogP contribution in [0, 0.1) is 0 Å².